The van der Waals surface area contributed by atoms with Gasteiger partial charge < -0.3 is 11.1 Å². The predicted molar refractivity (Wildman–Crippen MR) is 76.7 cm³/mol. The minimum Gasteiger partial charge on any atom is -0.356 e. The molecule has 0 spiro atoms. The molecule has 2 rings (SSSR count). The van der Waals surface area contributed by atoms with Gasteiger partial charge in [-0.2, -0.15) is 0 Å². The molecule has 18 heavy (non-hydrogen) atoms. The number of carbonyl (C=O) groups is 1. The lowest BCUT2D eigenvalue weighted by Crippen LogP contribution is -2.39. The summed E-state index contributed by atoms with van der Waals surface area (Å²) in [5.74, 6) is 1.77. The van der Waals surface area contributed by atoms with Crippen LogP contribution in [-0.4, -0.2) is 19.0 Å². The molecule has 3 N–H and O–H groups in total. The summed E-state index contributed by atoms with van der Waals surface area (Å²) in [5.41, 5.74) is 6.01. The first-order valence-corrected chi connectivity index (χ1v) is 7.12. The van der Waals surface area contributed by atoms with Crippen LogP contribution in [0.25, 0.3) is 0 Å². The molecule has 2 saturated carbocycles. The first-order chi connectivity index (χ1) is 8.15. The normalized spacial score (nSPS) is 29.2. The molecule has 4 heteroatoms. The second-order valence-electron chi connectivity index (χ2n) is 6.22. The van der Waals surface area contributed by atoms with E-state index >= 15 is 0 Å². The van der Waals surface area contributed by atoms with E-state index in [0.29, 0.717) is 13.0 Å². The number of amides is 1. The van der Waals surface area contributed by atoms with Gasteiger partial charge in [0.2, 0.25) is 5.91 Å². The lowest BCUT2D eigenvalue weighted by atomic mass is 9.71. The molecule has 3 nitrogen and oxygen atoms in total. The zero-order valence-corrected chi connectivity index (χ0v) is 12.2. The second-order valence-corrected chi connectivity index (χ2v) is 6.22. The van der Waals surface area contributed by atoms with Gasteiger partial charge in [0.1, 0.15) is 0 Å². The Kier molecular flexibility index (Phi) is 5.93. The predicted octanol–water partition coefficient (Wildman–Crippen LogP) is 2.48. The first-order valence-electron chi connectivity index (χ1n) is 7.12. The van der Waals surface area contributed by atoms with Crippen LogP contribution in [0.2, 0.25) is 0 Å². The van der Waals surface area contributed by atoms with Gasteiger partial charge in [0.15, 0.2) is 0 Å². The van der Waals surface area contributed by atoms with Gasteiger partial charge in [-0.1, -0.05) is 26.2 Å². The van der Waals surface area contributed by atoms with E-state index in [1.165, 1.54) is 25.7 Å². The van der Waals surface area contributed by atoms with Crippen LogP contribution >= 0.6 is 12.4 Å². The van der Waals surface area contributed by atoms with Gasteiger partial charge in [-0.05, 0) is 43.1 Å². The minimum atomic E-state index is 0. The molecule has 0 aromatic rings. The maximum absolute atomic E-state index is 11.9. The van der Waals surface area contributed by atoms with Crippen LogP contribution in [0.1, 0.15) is 51.9 Å². The fraction of sp³-hybridized carbons (Fsp3) is 0.929. The van der Waals surface area contributed by atoms with Gasteiger partial charge in [-0.3, -0.25) is 4.79 Å². The molecule has 106 valence electrons. The standard InChI is InChI=1S/C14H26N2O.ClH/c1-11-7-12(11)9-16-13(17)8-14(10-15)5-3-2-4-6-14;/h11-12H,2-10,15H2,1H3,(H,16,17);1H. The van der Waals surface area contributed by atoms with Gasteiger partial charge in [0, 0.05) is 13.0 Å². The zero-order chi connectivity index (χ0) is 12.3. The molecule has 0 bridgehead atoms. The number of carbonyl (C=O) groups excluding carboxylic acids is 1. The Morgan fingerprint density at radius 2 is 1.94 bits per heavy atom. The smallest absolute Gasteiger partial charge is 0.220 e. The second kappa shape index (κ2) is 6.76. The molecule has 0 aliphatic heterocycles. The average Bonchev–Trinajstić information content (AvgIpc) is 3.04. The maximum Gasteiger partial charge on any atom is 0.220 e. The number of nitrogens with two attached hydrogens (primary N) is 1. The van der Waals surface area contributed by atoms with Crippen LogP contribution < -0.4 is 11.1 Å². The van der Waals surface area contributed by atoms with Gasteiger partial charge in [-0.25, -0.2) is 0 Å². The van der Waals surface area contributed by atoms with Crippen molar-refractivity contribution < 1.29 is 4.79 Å². The topological polar surface area (TPSA) is 55.1 Å². The highest BCUT2D eigenvalue weighted by Gasteiger charge is 2.35. The van der Waals surface area contributed by atoms with Crippen molar-refractivity contribution in [3.05, 3.63) is 0 Å². The van der Waals surface area contributed by atoms with E-state index in [4.69, 9.17) is 5.73 Å². The highest BCUT2D eigenvalue weighted by Crippen LogP contribution is 2.39. The van der Waals surface area contributed by atoms with E-state index in [0.717, 1.165) is 31.2 Å². The Hall–Kier alpha value is -0.280. The maximum atomic E-state index is 11.9. The summed E-state index contributed by atoms with van der Waals surface area (Å²) < 4.78 is 0. The minimum absolute atomic E-state index is 0. The van der Waals surface area contributed by atoms with Crippen molar-refractivity contribution in [2.75, 3.05) is 13.1 Å². The summed E-state index contributed by atoms with van der Waals surface area (Å²) in [6.45, 7) is 3.79. The van der Waals surface area contributed by atoms with E-state index < -0.39 is 0 Å². The van der Waals surface area contributed by atoms with Crippen molar-refractivity contribution in [2.45, 2.75) is 51.9 Å². The van der Waals surface area contributed by atoms with Crippen LogP contribution in [0.3, 0.4) is 0 Å². The van der Waals surface area contributed by atoms with E-state index in [1.54, 1.807) is 0 Å². The van der Waals surface area contributed by atoms with Crippen LogP contribution in [0.15, 0.2) is 0 Å². The van der Waals surface area contributed by atoms with Crippen LogP contribution in [0.4, 0.5) is 0 Å². The SMILES string of the molecule is CC1CC1CNC(=O)CC1(CN)CCCCC1.Cl. The van der Waals surface area contributed by atoms with Crippen molar-refractivity contribution in [2.24, 2.45) is 23.0 Å². The third kappa shape index (κ3) is 4.13. The fourth-order valence-electron chi connectivity index (χ4n) is 3.09. The molecular weight excluding hydrogens is 248 g/mol. The number of hydrogen-bond donors (Lipinski definition) is 2. The third-order valence-corrected chi connectivity index (χ3v) is 4.72. The summed E-state index contributed by atoms with van der Waals surface area (Å²) >= 11 is 0. The molecule has 0 aromatic heterocycles. The first kappa shape index (κ1) is 15.8. The molecule has 0 saturated heterocycles. The Bertz CT molecular complexity index is 277. The molecule has 2 aliphatic carbocycles. The number of nitrogens with one attached hydrogen (secondary N) is 1. The molecular formula is C14H27ClN2O. The Balaban J connectivity index is 0.00000162. The molecule has 2 fully saturated rings. The molecule has 0 aromatic carbocycles. The summed E-state index contributed by atoms with van der Waals surface area (Å²) in [6.07, 6.45) is 7.98. The van der Waals surface area contributed by atoms with Crippen LogP contribution in [0.5, 0.6) is 0 Å². The van der Waals surface area contributed by atoms with E-state index in [2.05, 4.69) is 12.2 Å². The van der Waals surface area contributed by atoms with E-state index in [-0.39, 0.29) is 23.7 Å². The molecule has 2 atom stereocenters. The van der Waals surface area contributed by atoms with Crippen molar-refractivity contribution in [1.29, 1.82) is 0 Å². The monoisotopic (exact) mass is 274 g/mol. The Labute approximate surface area is 117 Å². The van der Waals surface area contributed by atoms with Crippen LogP contribution in [0, 0.1) is 17.3 Å². The summed E-state index contributed by atoms with van der Waals surface area (Å²) in [4.78, 5) is 11.9. The van der Waals surface area contributed by atoms with Crippen molar-refractivity contribution in [1.82, 2.24) is 5.32 Å². The van der Waals surface area contributed by atoms with Crippen molar-refractivity contribution in [3.8, 4) is 0 Å². The molecule has 0 heterocycles. The highest BCUT2D eigenvalue weighted by molar-refractivity contribution is 5.85. The lowest BCUT2D eigenvalue weighted by Gasteiger charge is -2.35. The number of halogens is 1. The molecule has 2 aliphatic rings. The quantitative estimate of drug-likeness (QED) is 0.809. The van der Waals surface area contributed by atoms with Crippen LogP contribution in [-0.2, 0) is 4.79 Å². The van der Waals surface area contributed by atoms with Gasteiger partial charge in [0.25, 0.3) is 0 Å². The largest absolute Gasteiger partial charge is 0.356 e. The molecule has 1 amide bonds. The third-order valence-electron chi connectivity index (χ3n) is 4.72. The Morgan fingerprint density at radius 1 is 1.33 bits per heavy atom. The Morgan fingerprint density at radius 3 is 2.44 bits per heavy atom. The average molecular weight is 275 g/mol. The highest BCUT2D eigenvalue weighted by atomic mass is 35.5. The zero-order valence-electron chi connectivity index (χ0n) is 11.4. The van der Waals surface area contributed by atoms with Gasteiger partial charge >= 0.3 is 0 Å². The number of hydrogen-bond acceptors (Lipinski definition) is 2. The number of rotatable bonds is 5. The molecule has 0 radical (unpaired) electrons. The summed E-state index contributed by atoms with van der Waals surface area (Å²) in [7, 11) is 0. The summed E-state index contributed by atoms with van der Waals surface area (Å²) in [6, 6.07) is 0. The lowest BCUT2D eigenvalue weighted by molar-refractivity contribution is -0.123. The fourth-order valence-corrected chi connectivity index (χ4v) is 3.09. The van der Waals surface area contributed by atoms with Gasteiger partial charge in [0.05, 0.1) is 0 Å². The van der Waals surface area contributed by atoms with Crippen molar-refractivity contribution in [3.63, 3.8) is 0 Å². The van der Waals surface area contributed by atoms with Crippen molar-refractivity contribution >= 4 is 18.3 Å². The van der Waals surface area contributed by atoms with E-state index in [9.17, 15) is 4.79 Å². The summed E-state index contributed by atoms with van der Waals surface area (Å²) in [5, 5.41) is 3.09. The van der Waals surface area contributed by atoms with E-state index in [1.807, 2.05) is 0 Å². The van der Waals surface area contributed by atoms with Gasteiger partial charge in [-0.15, -0.1) is 12.4 Å². The molecule has 2 unspecified atom stereocenters.